The number of benzene rings is 2. The second-order valence-electron chi connectivity index (χ2n) is 7.73. The average molecular weight is 400 g/mol. The van der Waals surface area contributed by atoms with Crippen molar-refractivity contribution in [3.8, 4) is 5.75 Å². The molecule has 148 valence electrons. The van der Waals surface area contributed by atoms with Crippen molar-refractivity contribution in [2.24, 2.45) is 0 Å². The van der Waals surface area contributed by atoms with Gasteiger partial charge in [0.05, 0.1) is 6.61 Å². The molecule has 1 saturated heterocycles. The van der Waals surface area contributed by atoms with Crippen LogP contribution in [0, 0.1) is 0 Å². The van der Waals surface area contributed by atoms with Crippen molar-refractivity contribution in [3.05, 3.63) is 64.7 Å². The Morgan fingerprint density at radius 2 is 1.82 bits per heavy atom. The fraction of sp³-hybridized carbons (Fsp3) is 0.435. The van der Waals surface area contributed by atoms with E-state index in [1.54, 1.807) is 0 Å². The molecule has 5 heteroatoms. The van der Waals surface area contributed by atoms with E-state index in [0.29, 0.717) is 32.8 Å². The van der Waals surface area contributed by atoms with Crippen LogP contribution >= 0.6 is 11.6 Å². The number of amides is 1. The maximum atomic E-state index is 12.8. The smallest absolute Gasteiger partial charge is 0.220 e. The predicted molar refractivity (Wildman–Crippen MR) is 110 cm³/mol. The highest BCUT2D eigenvalue weighted by Gasteiger charge is 2.36. The largest absolute Gasteiger partial charge is 0.493 e. The predicted octanol–water partition coefficient (Wildman–Crippen LogP) is 4.46. The Morgan fingerprint density at radius 3 is 2.64 bits per heavy atom. The zero-order valence-electron chi connectivity index (χ0n) is 16.0. The fourth-order valence-corrected chi connectivity index (χ4v) is 4.72. The first-order valence-corrected chi connectivity index (χ1v) is 10.4. The van der Waals surface area contributed by atoms with Gasteiger partial charge in [-0.3, -0.25) is 4.79 Å². The summed E-state index contributed by atoms with van der Waals surface area (Å²) in [5.41, 5.74) is 2.08. The van der Waals surface area contributed by atoms with Crippen molar-refractivity contribution in [2.45, 2.75) is 37.0 Å². The molecule has 2 aromatic rings. The van der Waals surface area contributed by atoms with Crippen LogP contribution < -0.4 is 10.1 Å². The molecule has 1 atom stereocenters. The van der Waals surface area contributed by atoms with E-state index in [1.807, 2.05) is 36.4 Å². The number of halogens is 1. The number of para-hydroxylation sites is 1. The van der Waals surface area contributed by atoms with Crippen LogP contribution in [-0.2, 0) is 14.9 Å². The molecule has 2 aromatic carbocycles. The minimum absolute atomic E-state index is 0.0830. The summed E-state index contributed by atoms with van der Waals surface area (Å²) in [7, 11) is 0. The molecule has 2 aliphatic heterocycles. The fourth-order valence-electron chi connectivity index (χ4n) is 4.39. The number of hydrogen-bond donors (Lipinski definition) is 1. The van der Waals surface area contributed by atoms with Gasteiger partial charge >= 0.3 is 0 Å². The number of ether oxygens (including phenoxy) is 2. The summed E-state index contributed by atoms with van der Waals surface area (Å²) in [5.74, 6) is 1.19. The van der Waals surface area contributed by atoms with E-state index < -0.39 is 0 Å². The zero-order valence-corrected chi connectivity index (χ0v) is 16.7. The molecule has 2 heterocycles. The van der Waals surface area contributed by atoms with Gasteiger partial charge in [-0.05, 0) is 48.4 Å². The third kappa shape index (κ3) is 4.03. The van der Waals surface area contributed by atoms with Gasteiger partial charge in [0, 0.05) is 36.6 Å². The lowest BCUT2D eigenvalue weighted by atomic mass is 9.74. The minimum Gasteiger partial charge on any atom is -0.493 e. The Bertz CT molecular complexity index is 832. The lowest BCUT2D eigenvalue weighted by molar-refractivity contribution is -0.122. The van der Waals surface area contributed by atoms with Gasteiger partial charge in [0.25, 0.3) is 0 Å². The molecule has 4 rings (SSSR count). The summed E-state index contributed by atoms with van der Waals surface area (Å²) in [6.07, 6.45) is 3.07. The summed E-state index contributed by atoms with van der Waals surface area (Å²) in [5, 5.41) is 3.96. The van der Waals surface area contributed by atoms with Gasteiger partial charge < -0.3 is 14.8 Å². The maximum absolute atomic E-state index is 12.8. The van der Waals surface area contributed by atoms with E-state index in [-0.39, 0.29) is 17.2 Å². The third-order valence-corrected chi connectivity index (χ3v) is 6.36. The molecule has 0 unspecified atom stereocenters. The molecule has 0 radical (unpaired) electrons. The van der Waals surface area contributed by atoms with E-state index in [4.69, 9.17) is 21.1 Å². The van der Waals surface area contributed by atoms with Crippen molar-refractivity contribution < 1.29 is 14.3 Å². The molecular weight excluding hydrogens is 374 g/mol. The van der Waals surface area contributed by atoms with Gasteiger partial charge in [-0.15, -0.1) is 0 Å². The summed E-state index contributed by atoms with van der Waals surface area (Å²) in [6.45, 7) is 2.63. The zero-order chi connectivity index (χ0) is 19.4. The van der Waals surface area contributed by atoms with Crippen molar-refractivity contribution >= 4 is 17.5 Å². The molecule has 0 bridgehead atoms. The van der Waals surface area contributed by atoms with Gasteiger partial charge in [-0.1, -0.05) is 48.0 Å². The van der Waals surface area contributed by atoms with Crippen LogP contribution in [0.15, 0.2) is 48.5 Å². The van der Waals surface area contributed by atoms with Gasteiger partial charge in [-0.2, -0.15) is 0 Å². The quantitative estimate of drug-likeness (QED) is 0.807. The molecule has 1 N–H and O–H groups in total. The second-order valence-corrected chi connectivity index (χ2v) is 8.13. The Balaban J connectivity index is 1.45. The monoisotopic (exact) mass is 399 g/mol. The molecule has 0 saturated carbocycles. The Hall–Kier alpha value is -2.04. The molecule has 1 fully saturated rings. The van der Waals surface area contributed by atoms with Crippen molar-refractivity contribution in [2.75, 3.05) is 26.4 Å². The van der Waals surface area contributed by atoms with Crippen LogP contribution in [0.3, 0.4) is 0 Å². The average Bonchev–Trinajstić information content (AvgIpc) is 2.74. The molecule has 28 heavy (non-hydrogen) atoms. The van der Waals surface area contributed by atoms with Gasteiger partial charge in [0.2, 0.25) is 5.91 Å². The molecule has 0 aromatic heterocycles. The number of nitrogens with one attached hydrogen (secondary N) is 1. The molecular formula is C23H26ClNO3. The van der Waals surface area contributed by atoms with Crippen molar-refractivity contribution in [1.29, 1.82) is 0 Å². The SMILES string of the molecule is O=C(C[C@H]1CCOc2ccccc21)NCC1(c2ccccc2Cl)CCOCC1. The van der Waals surface area contributed by atoms with Crippen LogP contribution in [-0.4, -0.2) is 32.3 Å². The minimum atomic E-state index is -0.167. The molecule has 0 spiro atoms. The molecule has 2 aliphatic rings. The van der Waals surface area contributed by atoms with Crippen LogP contribution in [0.4, 0.5) is 0 Å². The van der Waals surface area contributed by atoms with Crippen LogP contribution in [0.2, 0.25) is 5.02 Å². The van der Waals surface area contributed by atoms with E-state index in [2.05, 4.69) is 17.4 Å². The third-order valence-electron chi connectivity index (χ3n) is 6.03. The summed E-state index contributed by atoms with van der Waals surface area (Å²) >= 11 is 6.51. The van der Waals surface area contributed by atoms with Gasteiger partial charge in [0.1, 0.15) is 5.75 Å². The summed E-state index contributed by atoms with van der Waals surface area (Å²) in [4.78, 5) is 12.8. The maximum Gasteiger partial charge on any atom is 0.220 e. The molecule has 0 aliphatic carbocycles. The van der Waals surface area contributed by atoms with E-state index in [9.17, 15) is 4.79 Å². The summed E-state index contributed by atoms with van der Waals surface area (Å²) < 4.78 is 11.3. The number of carbonyl (C=O) groups excluding carboxylic acids is 1. The van der Waals surface area contributed by atoms with Crippen LogP contribution in [0.1, 0.15) is 42.7 Å². The normalized spacial score (nSPS) is 20.7. The van der Waals surface area contributed by atoms with E-state index in [0.717, 1.165) is 41.2 Å². The lowest BCUT2D eigenvalue weighted by Gasteiger charge is -2.38. The highest BCUT2D eigenvalue weighted by molar-refractivity contribution is 6.31. The highest BCUT2D eigenvalue weighted by Crippen LogP contribution is 2.39. The van der Waals surface area contributed by atoms with Crippen LogP contribution in [0.25, 0.3) is 0 Å². The molecule has 1 amide bonds. The Kier molecular flexibility index (Phi) is 5.88. The first kappa shape index (κ1) is 19.3. The molecule has 4 nitrogen and oxygen atoms in total. The van der Waals surface area contributed by atoms with Crippen LogP contribution in [0.5, 0.6) is 5.75 Å². The lowest BCUT2D eigenvalue weighted by Crippen LogP contribution is -2.45. The second kappa shape index (κ2) is 8.54. The topological polar surface area (TPSA) is 47.6 Å². The van der Waals surface area contributed by atoms with E-state index in [1.165, 1.54) is 0 Å². The number of hydrogen-bond acceptors (Lipinski definition) is 3. The Labute approximate surface area is 171 Å². The first-order chi connectivity index (χ1) is 13.7. The summed E-state index contributed by atoms with van der Waals surface area (Å²) in [6, 6.07) is 16.0. The standard InChI is InChI=1S/C23H26ClNO3/c24-20-7-3-2-6-19(20)23(10-13-27-14-11-23)16-25-22(26)15-17-9-12-28-21-8-4-1-5-18(17)21/h1-8,17H,9-16H2,(H,25,26)/t17-/m1/s1. The highest BCUT2D eigenvalue weighted by atomic mass is 35.5. The van der Waals surface area contributed by atoms with Crippen molar-refractivity contribution in [3.63, 3.8) is 0 Å². The van der Waals surface area contributed by atoms with Gasteiger partial charge in [0.15, 0.2) is 0 Å². The first-order valence-electron chi connectivity index (χ1n) is 9.99. The van der Waals surface area contributed by atoms with E-state index >= 15 is 0 Å². The number of rotatable bonds is 5. The number of fused-ring (bicyclic) bond motifs is 1. The Morgan fingerprint density at radius 1 is 1.07 bits per heavy atom. The number of carbonyl (C=O) groups is 1. The van der Waals surface area contributed by atoms with Crippen molar-refractivity contribution in [1.82, 2.24) is 5.32 Å². The van der Waals surface area contributed by atoms with Gasteiger partial charge in [-0.25, -0.2) is 0 Å².